The summed E-state index contributed by atoms with van der Waals surface area (Å²) in [6.45, 7) is 2.10. The maximum Gasteiger partial charge on any atom is 0.255 e. The van der Waals surface area contributed by atoms with Crippen LogP contribution in [0.2, 0.25) is 0 Å². The van der Waals surface area contributed by atoms with Crippen molar-refractivity contribution in [1.82, 2.24) is 9.80 Å². The normalized spacial score (nSPS) is 25.0. The third-order valence-electron chi connectivity index (χ3n) is 4.93. The average molecular weight is 302 g/mol. The van der Waals surface area contributed by atoms with Crippen LogP contribution in [0, 0.1) is 5.92 Å². The van der Waals surface area contributed by atoms with Gasteiger partial charge in [-0.1, -0.05) is 13.3 Å². The quantitative estimate of drug-likeness (QED) is 0.733. The monoisotopic (exact) mass is 302 g/mol. The molecule has 116 valence electrons. The van der Waals surface area contributed by atoms with E-state index < -0.39 is 29.3 Å². The Labute approximate surface area is 128 Å². The minimum absolute atomic E-state index is 0.448. The molecule has 0 saturated heterocycles. The minimum Gasteiger partial charge on any atom is -0.269 e. The Hall–Kier alpha value is -2.24. The van der Waals surface area contributed by atoms with Gasteiger partial charge in [-0.15, -0.1) is 0 Å². The number of rotatable bonds is 3. The molecule has 2 aliphatic heterocycles. The van der Waals surface area contributed by atoms with E-state index in [-0.39, 0.29) is 0 Å². The largest absolute Gasteiger partial charge is 0.269 e. The fourth-order valence-corrected chi connectivity index (χ4v) is 3.72. The van der Waals surface area contributed by atoms with Crippen LogP contribution in [-0.4, -0.2) is 39.1 Å². The van der Waals surface area contributed by atoms with E-state index in [2.05, 4.69) is 6.92 Å². The van der Waals surface area contributed by atoms with Crippen LogP contribution < -0.4 is 0 Å². The first kappa shape index (κ1) is 14.7. The molecule has 22 heavy (non-hydrogen) atoms. The van der Waals surface area contributed by atoms with Crippen LogP contribution in [0.4, 0.5) is 0 Å². The Morgan fingerprint density at radius 1 is 0.864 bits per heavy atom. The van der Waals surface area contributed by atoms with Crippen molar-refractivity contribution in [3.05, 3.63) is 24.3 Å². The lowest BCUT2D eigenvalue weighted by Gasteiger charge is -2.49. The Morgan fingerprint density at radius 2 is 1.23 bits per heavy atom. The Kier molecular flexibility index (Phi) is 3.47. The number of amides is 4. The first-order chi connectivity index (χ1) is 10.5. The van der Waals surface area contributed by atoms with Crippen LogP contribution in [0.1, 0.15) is 39.0 Å². The molecular formula is C16H18N2O4. The van der Waals surface area contributed by atoms with E-state index in [0.717, 1.165) is 29.1 Å². The van der Waals surface area contributed by atoms with Gasteiger partial charge in [0.15, 0.2) is 0 Å². The maximum absolute atomic E-state index is 12.2. The lowest BCUT2D eigenvalue weighted by atomic mass is 9.78. The topological polar surface area (TPSA) is 74.8 Å². The number of hydrogen-bond acceptors (Lipinski definition) is 4. The Bertz CT molecular complexity index is 532. The summed E-state index contributed by atoms with van der Waals surface area (Å²) in [7, 11) is 0. The van der Waals surface area contributed by atoms with Gasteiger partial charge >= 0.3 is 0 Å². The maximum atomic E-state index is 12.2. The summed E-state index contributed by atoms with van der Waals surface area (Å²) in [4.78, 5) is 50.8. The van der Waals surface area contributed by atoms with E-state index in [9.17, 15) is 19.2 Å². The standard InChI is InChI=1S/C16H18N2O4/c1-2-11-7-9-16(10-8-11,17-12(19)3-4-13(17)20)18-14(21)5-6-15(18)22/h3-6,11H,2,7-10H2,1H3. The summed E-state index contributed by atoms with van der Waals surface area (Å²) >= 11 is 0. The molecule has 0 aromatic carbocycles. The summed E-state index contributed by atoms with van der Waals surface area (Å²) < 4.78 is 0. The summed E-state index contributed by atoms with van der Waals surface area (Å²) in [6.07, 6.45) is 8.28. The lowest BCUT2D eigenvalue weighted by Crippen LogP contribution is -2.65. The molecule has 0 radical (unpaired) electrons. The molecule has 0 spiro atoms. The number of nitrogens with zero attached hydrogens (tertiary/aromatic N) is 2. The molecular weight excluding hydrogens is 284 g/mol. The van der Waals surface area contributed by atoms with Gasteiger partial charge in [-0.3, -0.25) is 29.0 Å². The fourth-order valence-electron chi connectivity index (χ4n) is 3.72. The number of hydrogen-bond donors (Lipinski definition) is 0. The molecule has 0 bridgehead atoms. The van der Waals surface area contributed by atoms with E-state index in [4.69, 9.17) is 0 Å². The highest BCUT2D eigenvalue weighted by Gasteiger charge is 2.54. The van der Waals surface area contributed by atoms with Crippen molar-refractivity contribution in [2.75, 3.05) is 0 Å². The van der Waals surface area contributed by atoms with Gasteiger partial charge in [-0.2, -0.15) is 0 Å². The molecule has 6 nitrogen and oxygen atoms in total. The van der Waals surface area contributed by atoms with Crippen LogP contribution in [0.15, 0.2) is 24.3 Å². The van der Waals surface area contributed by atoms with Crippen molar-refractivity contribution in [3.8, 4) is 0 Å². The van der Waals surface area contributed by atoms with Gasteiger partial charge < -0.3 is 0 Å². The van der Waals surface area contributed by atoms with Gasteiger partial charge in [0, 0.05) is 24.3 Å². The predicted octanol–water partition coefficient (Wildman–Crippen LogP) is 1.13. The van der Waals surface area contributed by atoms with Gasteiger partial charge in [0.2, 0.25) is 0 Å². The van der Waals surface area contributed by atoms with E-state index in [1.54, 1.807) is 0 Å². The van der Waals surface area contributed by atoms with Gasteiger partial charge in [-0.05, 0) is 31.6 Å². The molecule has 0 N–H and O–H groups in total. The SMILES string of the molecule is CCC1CCC(N2C(=O)C=CC2=O)(N2C(=O)C=CC2=O)CC1. The van der Waals surface area contributed by atoms with Crippen molar-refractivity contribution >= 4 is 23.6 Å². The molecule has 0 unspecified atom stereocenters. The van der Waals surface area contributed by atoms with Crippen LogP contribution in [-0.2, 0) is 19.2 Å². The van der Waals surface area contributed by atoms with Crippen molar-refractivity contribution in [2.24, 2.45) is 5.92 Å². The van der Waals surface area contributed by atoms with Gasteiger partial charge in [-0.25, -0.2) is 0 Å². The van der Waals surface area contributed by atoms with E-state index in [1.165, 1.54) is 24.3 Å². The Morgan fingerprint density at radius 3 is 1.55 bits per heavy atom. The van der Waals surface area contributed by atoms with Gasteiger partial charge in [0.25, 0.3) is 23.6 Å². The van der Waals surface area contributed by atoms with Crippen LogP contribution >= 0.6 is 0 Å². The molecule has 4 amide bonds. The summed E-state index contributed by atoms with van der Waals surface area (Å²) in [5.74, 6) is -1.31. The number of carbonyl (C=O) groups is 4. The van der Waals surface area contributed by atoms with Gasteiger partial charge in [0.1, 0.15) is 5.66 Å². The second-order valence-corrected chi connectivity index (χ2v) is 6.02. The molecule has 1 saturated carbocycles. The highest BCUT2D eigenvalue weighted by atomic mass is 16.2. The predicted molar refractivity (Wildman–Crippen MR) is 77.0 cm³/mol. The van der Waals surface area contributed by atoms with Crippen LogP contribution in [0.3, 0.4) is 0 Å². The molecule has 6 heteroatoms. The molecule has 3 rings (SSSR count). The molecule has 3 aliphatic rings. The van der Waals surface area contributed by atoms with E-state index >= 15 is 0 Å². The zero-order valence-electron chi connectivity index (χ0n) is 12.4. The van der Waals surface area contributed by atoms with Crippen molar-refractivity contribution in [3.63, 3.8) is 0 Å². The summed E-state index contributed by atoms with van der Waals surface area (Å²) in [5.41, 5.74) is -1.15. The molecule has 0 atom stereocenters. The average Bonchev–Trinajstić information content (AvgIpc) is 3.02. The number of imide groups is 2. The molecule has 1 aliphatic carbocycles. The molecule has 2 heterocycles. The van der Waals surface area contributed by atoms with Crippen molar-refractivity contribution < 1.29 is 19.2 Å². The Balaban J connectivity index is 2.00. The first-order valence-electron chi connectivity index (χ1n) is 7.62. The van der Waals surface area contributed by atoms with Crippen LogP contribution in [0.5, 0.6) is 0 Å². The highest BCUT2D eigenvalue weighted by molar-refractivity contribution is 6.17. The summed E-state index contributed by atoms with van der Waals surface area (Å²) in [6, 6.07) is 0. The van der Waals surface area contributed by atoms with E-state index in [1.807, 2.05) is 0 Å². The highest BCUT2D eigenvalue weighted by Crippen LogP contribution is 2.42. The van der Waals surface area contributed by atoms with Crippen molar-refractivity contribution in [1.29, 1.82) is 0 Å². The zero-order valence-corrected chi connectivity index (χ0v) is 12.4. The van der Waals surface area contributed by atoms with E-state index in [0.29, 0.717) is 18.8 Å². The fraction of sp³-hybridized carbons (Fsp3) is 0.500. The third-order valence-corrected chi connectivity index (χ3v) is 4.93. The smallest absolute Gasteiger partial charge is 0.255 e. The first-order valence-corrected chi connectivity index (χ1v) is 7.62. The van der Waals surface area contributed by atoms with Gasteiger partial charge in [0.05, 0.1) is 0 Å². The molecule has 0 aromatic heterocycles. The lowest BCUT2D eigenvalue weighted by molar-refractivity contribution is -0.168. The molecule has 0 aromatic rings. The number of carbonyl (C=O) groups excluding carboxylic acids is 4. The van der Waals surface area contributed by atoms with Crippen LogP contribution in [0.25, 0.3) is 0 Å². The second-order valence-electron chi connectivity index (χ2n) is 6.02. The zero-order chi connectivity index (χ0) is 15.9. The van der Waals surface area contributed by atoms with Crippen molar-refractivity contribution in [2.45, 2.75) is 44.7 Å². The molecule has 1 fully saturated rings. The third kappa shape index (κ3) is 2.01. The minimum atomic E-state index is -1.15. The second kappa shape index (κ2) is 5.19. The summed E-state index contributed by atoms with van der Waals surface area (Å²) in [5, 5.41) is 0.